The van der Waals surface area contributed by atoms with Gasteiger partial charge in [0.2, 0.25) is 0 Å². The lowest BCUT2D eigenvalue weighted by Crippen LogP contribution is -2.41. The minimum absolute atomic E-state index is 0.115. The molecular formula is C13H19NO2. The largest absolute Gasteiger partial charge is 0.486 e. The number of nitrogens with one attached hydrogen (secondary N) is 1. The molecule has 0 aliphatic carbocycles. The van der Waals surface area contributed by atoms with Crippen LogP contribution in [0, 0.1) is 0 Å². The molecule has 2 rings (SSSR count). The molecule has 3 heteroatoms. The molecule has 0 saturated heterocycles. The molecule has 0 amide bonds. The van der Waals surface area contributed by atoms with Crippen LogP contribution in [0.25, 0.3) is 0 Å². The third kappa shape index (κ3) is 2.67. The third-order valence-electron chi connectivity index (χ3n) is 2.87. The van der Waals surface area contributed by atoms with Crippen molar-refractivity contribution in [1.29, 1.82) is 0 Å². The second kappa shape index (κ2) is 5.21. The number of fused-ring (bicyclic) bond motifs is 1. The second-order valence-electron chi connectivity index (χ2n) is 4.22. The van der Waals surface area contributed by atoms with Crippen molar-refractivity contribution < 1.29 is 9.47 Å². The molecule has 0 spiro atoms. The first-order valence-corrected chi connectivity index (χ1v) is 5.91. The molecule has 16 heavy (non-hydrogen) atoms. The molecule has 1 aromatic rings. The number of benzene rings is 1. The Hall–Kier alpha value is -1.22. The smallest absolute Gasteiger partial charge is 0.161 e. The maximum atomic E-state index is 5.84. The monoisotopic (exact) mass is 221 g/mol. The predicted octanol–water partition coefficient (Wildman–Crippen LogP) is 2.21. The first-order valence-electron chi connectivity index (χ1n) is 5.91. The van der Waals surface area contributed by atoms with Crippen LogP contribution in [0.4, 0.5) is 0 Å². The fourth-order valence-corrected chi connectivity index (χ4v) is 1.64. The van der Waals surface area contributed by atoms with E-state index in [1.165, 1.54) is 0 Å². The van der Waals surface area contributed by atoms with Crippen LogP contribution < -0.4 is 14.8 Å². The summed E-state index contributed by atoms with van der Waals surface area (Å²) in [6.45, 7) is 5.81. The van der Waals surface area contributed by atoms with Gasteiger partial charge in [-0.05, 0) is 25.5 Å². The Balaban J connectivity index is 1.88. The van der Waals surface area contributed by atoms with Gasteiger partial charge in [-0.3, -0.25) is 0 Å². The van der Waals surface area contributed by atoms with Crippen LogP contribution in [0.5, 0.6) is 11.5 Å². The van der Waals surface area contributed by atoms with Gasteiger partial charge in [0.15, 0.2) is 11.5 Å². The predicted molar refractivity (Wildman–Crippen MR) is 64.1 cm³/mol. The zero-order valence-corrected chi connectivity index (χ0v) is 9.90. The minimum Gasteiger partial charge on any atom is -0.486 e. The maximum Gasteiger partial charge on any atom is 0.161 e. The van der Waals surface area contributed by atoms with Gasteiger partial charge in [-0.1, -0.05) is 19.1 Å². The number of hydrogen-bond donors (Lipinski definition) is 1. The van der Waals surface area contributed by atoms with Gasteiger partial charge in [0, 0.05) is 12.6 Å². The minimum atomic E-state index is 0.115. The summed E-state index contributed by atoms with van der Waals surface area (Å²) >= 11 is 0. The summed E-state index contributed by atoms with van der Waals surface area (Å²) in [5, 5.41) is 3.43. The Bertz CT molecular complexity index is 340. The van der Waals surface area contributed by atoms with Crippen LogP contribution in [-0.4, -0.2) is 25.3 Å². The lowest BCUT2D eigenvalue weighted by Gasteiger charge is -2.27. The van der Waals surface area contributed by atoms with E-state index in [2.05, 4.69) is 19.2 Å². The van der Waals surface area contributed by atoms with Crippen LogP contribution >= 0.6 is 0 Å². The molecule has 2 unspecified atom stereocenters. The van der Waals surface area contributed by atoms with E-state index < -0.39 is 0 Å². The molecular weight excluding hydrogens is 202 g/mol. The van der Waals surface area contributed by atoms with E-state index in [0.29, 0.717) is 12.6 Å². The highest BCUT2D eigenvalue weighted by Crippen LogP contribution is 2.30. The van der Waals surface area contributed by atoms with Crippen LogP contribution in [0.15, 0.2) is 24.3 Å². The van der Waals surface area contributed by atoms with Gasteiger partial charge in [-0.25, -0.2) is 0 Å². The average molecular weight is 221 g/mol. The number of ether oxygens (including phenoxy) is 2. The Kier molecular flexibility index (Phi) is 3.67. The highest BCUT2D eigenvalue weighted by Gasteiger charge is 2.20. The molecule has 1 N–H and O–H groups in total. The Labute approximate surface area is 96.8 Å². The molecule has 0 bridgehead atoms. The molecule has 1 heterocycles. The van der Waals surface area contributed by atoms with E-state index in [4.69, 9.17) is 9.47 Å². The van der Waals surface area contributed by atoms with Crippen molar-refractivity contribution in [3.05, 3.63) is 24.3 Å². The standard InChI is InChI=1S/C13H19NO2/c1-3-10(2)14-8-11-9-15-12-6-4-5-7-13(12)16-11/h4-7,10-11,14H,3,8-9H2,1-2H3. The first kappa shape index (κ1) is 11.3. The maximum absolute atomic E-state index is 5.84. The lowest BCUT2D eigenvalue weighted by molar-refractivity contribution is 0.0885. The molecule has 2 atom stereocenters. The highest BCUT2D eigenvalue weighted by atomic mass is 16.6. The first-order chi connectivity index (χ1) is 7.79. The van der Waals surface area contributed by atoms with E-state index in [1.807, 2.05) is 24.3 Å². The Morgan fingerprint density at radius 3 is 2.88 bits per heavy atom. The average Bonchev–Trinajstić information content (AvgIpc) is 2.35. The molecule has 88 valence electrons. The van der Waals surface area contributed by atoms with Crippen molar-refractivity contribution in [3.8, 4) is 11.5 Å². The van der Waals surface area contributed by atoms with Crippen LogP contribution in [-0.2, 0) is 0 Å². The summed E-state index contributed by atoms with van der Waals surface area (Å²) in [4.78, 5) is 0. The highest BCUT2D eigenvalue weighted by molar-refractivity contribution is 5.40. The SMILES string of the molecule is CCC(C)NCC1COc2ccccc2O1. The summed E-state index contributed by atoms with van der Waals surface area (Å²) in [6, 6.07) is 8.34. The van der Waals surface area contributed by atoms with Gasteiger partial charge < -0.3 is 14.8 Å². The fraction of sp³-hybridized carbons (Fsp3) is 0.538. The van der Waals surface area contributed by atoms with E-state index in [0.717, 1.165) is 24.5 Å². The topological polar surface area (TPSA) is 30.5 Å². The van der Waals surface area contributed by atoms with Crippen molar-refractivity contribution in [2.75, 3.05) is 13.2 Å². The zero-order valence-electron chi connectivity index (χ0n) is 9.90. The molecule has 0 saturated carbocycles. The van der Waals surface area contributed by atoms with Crippen molar-refractivity contribution in [2.45, 2.75) is 32.4 Å². The third-order valence-corrected chi connectivity index (χ3v) is 2.87. The van der Waals surface area contributed by atoms with E-state index >= 15 is 0 Å². The Morgan fingerprint density at radius 2 is 2.12 bits per heavy atom. The van der Waals surface area contributed by atoms with Crippen molar-refractivity contribution in [2.24, 2.45) is 0 Å². The molecule has 0 radical (unpaired) electrons. The van der Waals surface area contributed by atoms with Crippen LogP contribution in [0.3, 0.4) is 0 Å². The normalized spacial score (nSPS) is 20.5. The van der Waals surface area contributed by atoms with Crippen LogP contribution in [0.1, 0.15) is 20.3 Å². The summed E-state index contributed by atoms with van der Waals surface area (Å²) in [6.07, 6.45) is 1.24. The summed E-state index contributed by atoms with van der Waals surface area (Å²) in [5.41, 5.74) is 0. The molecule has 0 fully saturated rings. The second-order valence-corrected chi connectivity index (χ2v) is 4.22. The van der Waals surface area contributed by atoms with Gasteiger partial charge in [-0.2, -0.15) is 0 Å². The molecule has 1 aliphatic heterocycles. The van der Waals surface area contributed by atoms with Crippen molar-refractivity contribution in [3.63, 3.8) is 0 Å². The van der Waals surface area contributed by atoms with E-state index in [1.54, 1.807) is 0 Å². The Morgan fingerprint density at radius 1 is 1.38 bits per heavy atom. The summed E-state index contributed by atoms with van der Waals surface area (Å²) in [7, 11) is 0. The molecule has 0 aromatic heterocycles. The lowest BCUT2D eigenvalue weighted by atomic mass is 10.2. The van der Waals surface area contributed by atoms with Crippen molar-refractivity contribution >= 4 is 0 Å². The number of rotatable bonds is 4. The molecule has 3 nitrogen and oxygen atoms in total. The summed E-state index contributed by atoms with van der Waals surface area (Å²) < 4.78 is 11.5. The molecule has 1 aromatic carbocycles. The van der Waals surface area contributed by atoms with Gasteiger partial charge in [0.25, 0.3) is 0 Å². The van der Waals surface area contributed by atoms with E-state index in [-0.39, 0.29) is 6.10 Å². The van der Waals surface area contributed by atoms with E-state index in [9.17, 15) is 0 Å². The zero-order chi connectivity index (χ0) is 11.4. The number of hydrogen-bond acceptors (Lipinski definition) is 3. The number of para-hydroxylation sites is 2. The summed E-state index contributed by atoms with van der Waals surface area (Å²) in [5.74, 6) is 1.70. The van der Waals surface area contributed by atoms with Gasteiger partial charge in [-0.15, -0.1) is 0 Å². The fourth-order valence-electron chi connectivity index (χ4n) is 1.64. The van der Waals surface area contributed by atoms with Crippen LogP contribution in [0.2, 0.25) is 0 Å². The van der Waals surface area contributed by atoms with Gasteiger partial charge in [0.1, 0.15) is 12.7 Å². The quantitative estimate of drug-likeness (QED) is 0.845. The van der Waals surface area contributed by atoms with Gasteiger partial charge >= 0.3 is 0 Å². The van der Waals surface area contributed by atoms with Gasteiger partial charge in [0.05, 0.1) is 0 Å². The van der Waals surface area contributed by atoms with Crippen molar-refractivity contribution in [1.82, 2.24) is 5.32 Å². The molecule has 1 aliphatic rings.